The molecular weight excluding hydrogens is 400 g/mol. The van der Waals surface area contributed by atoms with Crippen LogP contribution >= 0.6 is 11.6 Å². The van der Waals surface area contributed by atoms with Crippen molar-refractivity contribution in [2.24, 2.45) is 0 Å². The van der Waals surface area contributed by atoms with Crippen LogP contribution < -0.4 is 15.4 Å². The van der Waals surface area contributed by atoms with E-state index in [4.69, 9.17) is 16.3 Å². The Morgan fingerprint density at radius 3 is 2.37 bits per heavy atom. The molecule has 0 saturated carbocycles. The Labute approximate surface area is 181 Å². The maximum Gasteiger partial charge on any atom is 0.255 e. The van der Waals surface area contributed by atoms with Gasteiger partial charge in [0.15, 0.2) is 0 Å². The van der Waals surface area contributed by atoms with E-state index in [1.807, 2.05) is 30.3 Å². The van der Waals surface area contributed by atoms with E-state index in [0.717, 1.165) is 12.8 Å². The van der Waals surface area contributed by atoms with E-state index in [0.29, 0.717) is 34.1 Å². The number of amides is 2. The minimum absolute atomic E-state index is 0.138. The number of aryl methyl sites for hydroxylation is 1. The highest BCUT2D eigenvalue weighted by molar-refractivity contribution is 6.34. The van der Waals surface area contributed by atoms with Crippen molar-refractivity contribution >= 4 is 34.8 Å². The lowest BCUT2D eigenvalue weighted by atomic mass is 10.1. The zero-order chi connectivity index (χ0) is 21.3. The van der Waals surface area contributed by atoms with Crippen LogP contribution in [0.25, 0.3) is 0 Å². The van der Waals surface area contributed by atoms with Crippen LogP contribution in [0.1, 0.15) is 28.8 Å². The maximum absolute atomic E-state index is 12.5. The Bertz CT molecular complexity index is 1000. The summed E-state index contributed by atoms with van der Waals surface area (Å²) in [5.74, 6) is 0.272. The van der Waals surface area contributed by atoms with Gasteiger partial charge in [0.25, 0.3) is 5.91 Å². The van der Waals surface area contributed by atoms with Crippen molar-refractivity contribution in [3.63, 3.8) is 0 Å². The monoisotopic (exact) mass is 422 g/mol. The third-order valence-corrected chi connectivity index (χ3v) is 4.89. The minimum Gasteiger partial charge on any atom is -0.497 e. The van der Waals surface area contributed by atoms with Crippen LogP contribution in [0.3, 0.4) is 0 Å². The van der Waals surface area contributed by atoms with Crippen LogP contribution in [0.5, 0.6) is 5.75 Å². The lowest BCUT2D eigenvalue weighted by molar-refractivity contribution is -0.116. The molecule has 0 aliphatic carbocycles. The van der Waals surface area contributed by atoms with Gasteiger partial charge in [-0.3, -0.25) is 9.59 Å². The maximum atomic E-state index is 12.5. The third kappa shape index (κ3) is 6.09. The molecule has 3 aromatic rings. The number of methoxy groups -OCH3 is 1. The average Bonchev–Trinajstić information content (AvgIpc) is 2.76. The van der Waals surface area contributed by atoms with Crippen LogP contribution in [-0.4, -0.2) is 18.9 Å². The van der Waals surface area contributed by atoms with E-state index in [1.54, 1.807) is 49.6 Å². The van der Waals surface area contributed by atoms with Crippen molar-refractivity contribution < 1.29 is 14.3 Å². The van der Waals surface area contributed by atoms with Gasteiger partial charge in [0.05, 0.1) is 17.8 Å². The number of ether oxygens (including phenoxy) is 1. The first kappa shape index (κ1) is 21.4. The normalized spacial score (nSPS) is 10.3. The number of nitrogens with one attached hydrogen (secondary N) is 2. The number of anilines is 2. The summed E-state index contributed by atoms with van der Waals surface area (Å²) in [6.07, 6.45) is 1.92. The molecule has 0 spiro atoms. The summed E-state index contributed by atoms with van der Waals surface area (Å²) in [6, 6.07) is 21.8. The second-order valence-corrected chi connectivity index (χ2v) is 7.17. The summed E-state index contributed by atoms with van der Waals surface area (Å²) in [6.45, 7) is 0. The smallest absolute Gasteiger partial charge is 0.255 e. The molecule has 2 N–H and O–H groups in total. The summed E-state index contributed by atoms with van der Waals surface area (Å²) in [7, 11) is 1.58. The van der Waals surface area contributed by atoms with E-state index >= 15 is 0 Å². The lowest BCUT2D eigenvalue weighted by Gasteiger charge is -2.11. The van der Waals surface area contributed by atoms with Crippen molar-refractivity contribution in [2.75, 3.05) is 17.7 Å². The highest BCUT2D eigenvalue weighted by atomic mass is 35.5. The minimum atomic E-state index is -0.295. The molecule has 0 aromatic heterocycles. The fraction of sp³-hybridized carbons (Fsp3) is 0.167. The first-order chi connectivity index (χ1) is 14.5. The van der Waals surface area contributed by atoms with Gasteiger partial charge < -0.3 is 15.4 Å². The number of carbonyl (C=O) groups excluding carboxylic acids is 2. The van der Waals surface area contributed by atoms with E-state index in [-0.39, 0.29) is 11.8 Å². The largest absolute Gasteiger partial charge is 0.497 e. The van der Waals surface area contributed by atoms with Gasteiger partial charge >= 0.3 is 0 Å². The first-order valence-corrected chi connectivity index (χ1v) is 10.0. The highest BCUT2D eigenvalue weighted by Crippen LogP contribution is 2.24. The van der Waals surface area contributed by atoms with Crippen LogP contribution in [0.15, 0.2) is 72.8 Å². The SMILES string of the molecule is COc1ccc(NC(=O)c2ccc(Cl)c(NC(=O)CCCc3ccccc3)c2)cc1. The van der Waals surface area contributed by atoms with E-state index in [1.165, 1.54) is 5.56 Å². The van der Waals surface area contributed by atoms with Crippen molar-refractivity contribution in [1.29, 1.82) is 0 Å². The zero-order valence-electron chi connectivity index (χ0n) is 16.7. The Kier molecular flexibility index (Phi) is 7.46. The summed E-state index contributed by atoms with van der Waals surface area (Å²) >= 11 is 6.21. The summed E-state index contributed by atoms with van der Waals surface area (Å²) < 4.78 is 5.11. The number of rotatable bonds is 8. The highest BCUT2D eigenvalue weighted by Gasteiger charge is 2.12. The Morgan fingerprint density at radius 2 is 1.67 bits per heavy atom. The Balaban J connectivity index is 1.58. The van der Waals surface area contributed by atoms with E-state index < -0.39 is 0 Å². The topological polar surface area (TPSA) is 67.4 Å². The molecule has 0 unspecified atom stereocenters. The summed E-state index contributed by atoms with van der Waals surface area (Å²) in [5.41, 5.74) is 2.65. The molecule has 3 rings (SSSR count). The molecule has 0 bridgehead atoms. The molecule has 0 atom stereocenters. The zero-order valence-corrected chi connectivity index (χ0v) is 17.4. The van der Waals surface area contributed by atoms with Crippen molar-refractivity contribution in [1.82, 2.24) is 0 Å². The Hall–Kier alpha value is -3.31. The van der Waals surface area contributed by atoms with Gasteiger partial charge in [-0.05, 0) is 60.9 Å². The second kappa shape index (κ2) is 10.5. The van der Waals surface area contributed by atoms with Crippen LogP contribution in [0.2, 0.25) is 5.02 Å². The number of halogens is 1. The molecule has 0 aliphatic heterocycles. The van der Waals surface area contributed by atoms with Gasteiger partial charge in [-0.25, -0.2) is 0 Å². The molecule has 6 heteroatoms. The molecule has 0 fully saturated rings. The van der Waals surface area contributed by atoms with Gasteiger partial charge in [0, 0.05) is 17.7 Å². The fourth-order valence-corrected chi connectivity index (χ4v) is 3.12. The van der Waals surface area contributed by atoms with Gasteiger partial charge in [-0.1, -0.05) is 41.9 Å². The number of benzene rings is 3. The first-order valence-electron chi connectivity index (χ1n) is 9.64. The molecule has 0 radical (unpaired) electrons. The summed E-state index contributed by atoms with van der Waals surface area (Å²) in [5, 5.41) is 6.00. The van der Waals surface area contributed by atoms with Crippen molar-refractivity contribution in [2.45, 2.75) is 19.3 Å². The van der Waals surface area contributed by atoms with Gasteiger partial charge in [0.1, 0.15) is 5.75 Å². The van der Waals surface area contributed by atoms with Gasteiger partial charge in [0.2, 0.25) is 5.91 Å². The van der Waals surface area contributed by atoms with Gasteiger partial charge in [-0.15, -0.1) is 0 Å². The average molecular weight is 423 g/mol. The molecule has 0 aliphatic rings. The number of hydrogen-bond acceptors (Lipinski definition) is 3. The molecule has 5 nitrogen and oxygen atoms in total. The molecule has 3 aromatic carbocycles. The van der Waals surface area contributed by atoms with Crippen LogP contribution in [0, 0.1) is 0 Å². The van der Waals surface area contributed by atoms with Gasteiger partial charge in [-0.2, -0.15) is 0 Å². The predicted molar refractivity (Wildman–Crippen MR) is 120 cm³/mol. The number of carbonyl (C=O) groups is 2. The molecule has 0 heterocycles. The van der Waals surface area contributed by atoms with Crippen LogP contribution in [0.4, 0.5) is 11.4 Å². The molecule has 0 saturated heterocycles. The standard InChI is InChI=1S/C24H23ClN2O3/c1-30-20-13-11-19(12-14-20)26-24(29)18-10-15-21(25)22(16-18)27-23(28)9-5-8-17-6-3-2-4-7-17/h2-4,6-7,10-16H,5,8-9H2,1H3,(H,26,29)(H,27,28). The summed E-state index contributed by atoms with van der Waals surface area (Å²) in [4.78, 5) is 24.9. The fourth-order valence-electron chi connectivity index (χ4n) is 2.95. The predicted octanol–water partition coefficient (Wildman–Crippen LogP) is 5.56. The van der Waals surface area contributed by atoms with E-state index in [9.17, 15) is 9.59 Å². The molecule has 2 amide bonds. The van der Waals surface area contributed by atoms with Crippen LogP contribution in [-0.2, 0) is 11.2 Å². The van der Waals surface area contributed by atoms with Crippen molar-refractivity contribution in [3.05, 3.63) is 88.9 Å². The quantitative estimate of drug-likeness (QED) is 0.499. The number of hydrogen-bond donors (Lipinski definition) is 2. The lowest BCUT2D eigenvalue weighted by Crippen LogP contribution is -2.15. The van der Waals surface area contributed by atoms with E-state index in [2.05, 4.69) is 10.6 Å². The molecular formula is C24H23ClN2O3. The Morgan fingerprint density at radius 1 is 0.933 bits per heavy atom. The second-order valence-electron chi connectivity index (χ2n) is 6.76. The molecule has 154 valence electrons. The van der Waals surface area contributed by atoms with Crippen molar-refractivity contribution in [3.8, 4) is 5.75 Å². The molecule has 30 heavy (non-hydrogen) atoms. The third-order valence-electron chi connectivity index (χ3n) is 4.56.